The van der Waals surface area contributed by atoms with Crippen molar-refractivity contribution in [1.29, 1.82) is 0 Å². The molecule has 154 valence electrons. The van der Waals surface area contributed by atoms with Crippen LogP contribution in [-0.4, -0.2) is 21.2 Å². The molecule has 0 aliphatic rings. The van der Waals surface area contributed by atoms with Gasteiger partial charge in [-0.05, 0) is 60.0 Å². The van der Waals surface area contributed by atoms with Gasteiger partial charge < -0.3 is 13.9 Å². The lowest BCUT2D eigenvalue weighted by Gasteiger charge is -2.12. The van der Waals surface area contributed by atoms with Gasteiger partial charge in [0.1, 0.15) is 11.6 Å². The van der Waals surface area contributed by atoms with E-state index in [4.69, 9.17) is 4.74 Å². The molecule has 5 aromatic rings. The molecule has 0 aliphatic carbocycles. The van der Waals surface area contributed by atoms with Crippen LogP contribution in [0.2, 0.25) is 0 Å². The zero-order chi connectivity index (χ0) is 21.4. The Bertz CT molecular complexity index is 1370. The zero-order valence-corrected chi connectivity index (χ0v) is 17.4. The average molecular weight is 411 g/mol. The summed E-state index contributed by atoms with van der Waals surface area (Å²) in [7, 11) is 1.69. The van der Waals surface area contributed by atoms with E-state index < -0.39 is 0 Å². The van der Waals surface area contributed by atoms with Crippen LogP contribution in [0.3, 0.4) is 0 Å². The van der Waals surface area contributed by atoms with E-state index in [2.05, 4.69) is 58.2 Å². The highest BCUT2D eigenvalue weighted by Gasteiger charge is 2.12. The number of hydrogen-bond acceptors (Lipinski definition) is 2. The molecule has 0 spiro atoms. The van der Waals surface area contributed by atoms with Crippen molar-refractivity contribution in [3.63, 3.8) is 0 Å². The van der Waals surface area contributed by atoms with Crippen LogP contribution in [0.5, 0.6) is 5.75 Å². The van der Waals surface area contributed by atoms with Crippen molar-refractivity contribution in [2.75, 3.05) is 7.11 Å². The molecule has 0 saturated heterocycles. The molecule has 0 bridgehead atoms. The molecule has 0 amide bonds. The van der Waals surface area contributed by atoms with E-state index in [1.165, 1.54) is 12.1 Å². The van der Waals surface area contributed by atoms with Gasteiger partial charge in [-0.3, -0.25) is 0 Å². The maximum absolute atomic E-state index is 13.2. The second-order valence-corrected chi connectivity index (χ2v) is 7.62. The van der Waals surface area contributed by atoms with Crippen LogP contribution in [0, 0.1) is 12.7 Å². The van der Waals surface area contributed by atoms with E-state index in [0.29, 0.717) is 6.54 Å². The molecule has 0 radical (unpaired) electrons. The quantitative estimate of drug-likeness (QED) is 0.355. The van der Waals surface area contributed by atoms with Crippen molar-refractivity contribution in [2.24, 2.45) is 0 Å². The molecule has 31 heavy (non-hydrogen) atoms. The van der Waals surface area contributed by atoms with E-state index >= 15 is 0 Å². The Kier molecular flexibility index (Phi) is 4.79. The first-order chi connectivity index (χ1) is 15.1. The number of ether oxygens (including phenoxy) is 1. The minimum atomic E-state index is -0.216. The third-order valence-corrected chi connectivity index (χ3v) is 5.56. The number of rotatable bonds is 5. The van der Waals surface area contributed by atoms with Crippen LogP contribution in [0.1, 0.15) is 11.3 Å². The van der Waals surface area contributed by atoms with Crippen molar-refractivity contribution in [3.8, 4) is 22.6 Å². The number of aromatic nitrogens is 3. The minimum absolute atomic E-state index is 0.216. The van der Waals surface area contributed by atoms with Crippen molar-refractivity contribution in [2.45, 2.75) is 13.5 Å². The van der Waals surface area contributed by atoms with E-state index in [1.54, 1.807) is 13.4 Å². The fourth-order valence-corrected chi connectivity index (χ4v) is 4.01. The lowest BCUT2D eigenvalue weighted by atomic mass is 10.0. The van der Waals surface area contributed by atoms with Crippen LogP contribution >= 0.6 is 0 Å². The number of halogens is 1. The Morgan fingerprint density at radius 3 is 2.58 bits per heavy atom. The summed E-state index contributed by atoms with van der Waals surface area (Å²) in [4.78, 5) is 4.32. The summed E-state index contributed by atoms with van der Waals surface area (Å²) >= 11 is 0. The van der Waals surface area contributed by atoms with Crippen molar-refractivity contribution < 1.29 is 9.13 Å². The molecular formula is C26H22FN3O. The van der Waals surface area contributed by atoms with Gasteiger partial charge in [0.2, 0.25) is 0 Å². The summed E-state index contributed by atoms with van der Waals surface area (Å²) in [6.45, 7) is 2.66. The molecule has 2 heterocycles. The molecular weight excluding hydrogens is 389 g/mol. The smallest absolute Gasteiger partial charge is 0.143 e. The average Bonchev–Trinajstić information content (AvgIpc) is 3.41. The predicted octanol–water partition coefficient (Wildman–Crippen LogP) is 6.00. The number of imidazole rings is 1. The second kappa shape index (κ2) is 7.76. The van der Waals surface area contributed by atoms with E-state index in [1.807, 2.05) is 29.8 Å². The Balaban J connectivity index is 1.54. The van der Waals surface area contributed by atoms with Crippen molar-refractivity contribution in [3.05, 3.63) is 103 Å². The first-order valence-corrected chi connectivity index (χ1v) is 10.1. The molecule has 0 unspecified atom stereocenters. The van der Waals surface area contributed by atoms with Gasteiger partial charge in [-0.15, -0.1) is 0 Å². The molecule has 0 fully saturated rings. The SMILES string of the molecule is COc1cc(-c2cccc3c2ccn3Cc2ccc(F)cc2)ccc1-n1cnc(C)c1. The second-order valence-electron chi connectivity index (χ2n) is 7.62. The number of benzene rings is 3. The predicted molar refractivity (Wildman–Crippen MR) is 121 cm³/mol. The van der Waals surface area contributed by atoms with Crippen LogP contribution in [-0.2, 0) is 6.54 Å². The molecule has 0 aliphatic heterocycles. The van der Waals surface area contributed by atoms with E-state index in [0.717, 1.165) is 44.7 Å². The van der Waals surface area contributed by atoms with Gasteiger partial charge in [0.05, 0.1) is 24.8 Å². The highest BCUT2D eigenvalue weighted by Crippen LogP contribution is 2.34. The molecule has 4 nitrogen and oxygen atoms in total. The number of methoxy groups -OCH3 is 1. The fraction of sp³-hybridized carbons (Fsp3) is 0.115. The van der Waals surface area contributed by atoms with Gasteiger partial charge in [0.15, 0.2) is 0 Å². The van der Waals surface area contributed by atoms with E-state index in [9.17, 15) is 4.39 Å². The van der Waals surface area contributed by atoms with Crippen LogP contribution in [0.15, 0.2) is 85.5 Å². The topological polar surface area (TPSA) is 32.0 Å². The molecule has 2 aromatic heterocycles. The largest absolute Gasteiger partial charge is 0.495 e. The Labute approximate surface area is 180 Å². The normalized spacial score (nSPS) is 11.2. The summed E-state index contributed by atoms with van der Waals surface area (Å²) in [5.74, 6) is 0.573. The summed E-state index contributed by atoms with van der Waals surface area (Å²) in [6, 6.07) is 21.3. The minimum Gasteiger partial charge on any atom is -0.495 e. The monoisotopic (exact) mass is 411 g/mol. The van der Waals surface area contributed by atoms with E-state index in [-0.39, 0.29) is 5.82 Å². The first kappa shape index (κ1) is 19.1. The fourth-order valence-electron chi connectivity index (χ4n) is 4.01. The summed E-state index contributed by atoms with van der Waals surface area (Å²) < 4.78 is 23.1. The summed E-state index contributed by atoms with van der Waals surface area (Å²) in [6.07, 6.45) is 5.86. The highest BCUT2D eigenvalue weighted by molar-refractivity contribution is 5.96. The maximum Gasteiger partial charge on any atom is 0.143 e. The zero-order valence-electron chi connectivity index (χ0n) is 17.4. The third kappa shape index (κ3) is 3.59. The number of hydrogen-bond donors (Lipinski definition) is 0. The van der Waals surface area contributed by atoms with Crippen LogP contribution < -0.4 is 4.74 Å². The summed E-state index contributed by atoms with van der Waals surface area (Å²) in [5, 5.41) is 1.16. The lowest BCUT2D eigenvalue weighted by molar-refractivity contribution is 0.413. The van der Waals surface area contributed by atoms with Gasteiger partial charge in [-0.2, -0.15) is 0 Å². The number of aryl methyl sites for hydroxylation is 1. The van der Waals surface area contributed by atoms with Gasteiger partial charge >= 0.3 is 0 Å². The lowest BCUT2D eigenvalue weighted by Crippen LogP contribution is -1.98. The Morgan fingerprint density at radius 1 is 1.00 bits per heavy atom. The van der Waals surface area contributed by atoms with Crippen molar-refractivity contribution in [1.82, 2.24) is 14.1 Å². The Hall–Kier alpha value is -3.86. The van der Waals surface area contributed by atoms with Gasteiger partial charge in [-0.25, -0.2) is 9.37 Å². The molecule has 0 N–H and O–H groups in total. The first-order valence-electron chi connectivity index (χ1n) is 10.1. The number of nitrogens with zero attached hydrogens (tertiary/aromatic N) is 3. The molecule has 5 heteroatoms. The highest BCUT2D eigenvalue weighted by atomic mass is 19.1. The summed E-state index contributed by atoms with van der Waals surface area (Å²) in [5.41, 5.74) is 6.33. The molecule has 5 rings (SSSR count). The maximum atomic E-state index is 13.2. The molecule has 3 aromatic carbocycles. The van der Waals surface area contributed by atoms with Crippen molar-refractivity contribution >= 4 is 10.9 Å². The third-order valence-electron chi connectivity index (χ3n) is 5.56. The van der Waals surface area contributed by atoms with Crippen LogP contribution in [0.4, 0.5) is 4.39 Å². The van der Waals surface area contributed by atoms with Gasteiger partial charge in [0.25, 0.3) is 0 Å². The molecule has 0 atom stereocenters. The number of fused-ring (bicyclic) bond motifs is 1. The van der Waals surface area contributed by atoms with Crippen LogP contribution in [0.25, 0.3) is 27.7 Å². The van der Waals surface area contributed by atoms with Gasteiger partial charge in [-0.1, -0.05) is 30.3 Å². The molecule has 0 saturated carbocycles. The standard InChI is InChI=1S/C26H22FN3O/c1-18-15-30(17-28-18)25-11-8-20(14-26(25)31-2)22-4-3-5-24-23(22)12-13-29(24)16-19-6-9-21(27)10-7-19/h3-15,17H,16H2,1-2H3. The Morgan fingerprint density at radius 2 is 1.84 bits per heavy atom. The van der Waals surface area contributed by atoms with Gasteiger partial charge in [0, 0.05) is 29.8 Å².